The van der Waals surface area contributed by atoms with Crippen molar-refractivity contribution < 1.29 is 14.1 Å². The van der Waals surface area contributed by atoms with Gasteiger partial charge in [0.25, 0.3) is 0 Å². The summed E-state index contributed by atoms with van der Waals surface area (Å²) in [5.74, 6) is -1.09. The molecule has 1 aromatic carbocycles. The Morgan fingerprint density at radius 3 is 2.81 bits per heavy atom. The second-order valence-corrected chi connectivity index (χ2v) is 4.74. The normalized spacial score (nSPS) is 10.2. The third-order valence-electron chi connectivity index (χ3n) is 2.43. The highest BCUT2D eigenvalue weighted by Gasteiger charge is 2.19. The first-order chi connectivity index (χ1) is 9.88. The van der Waals surface area contributed by atoms with Crippen molar-refractivity contribution in [1.82, 2.24) is 4.98 Å². The monoisotopic (exact) mass is 354 g/mol. The van der Waals surface area contributed by atoms with Crippen LogP contribution in [0.25, 0.3) is 0 Å². The van der Waals surface area contributed by atoms with E-state index in [1.807, 2.05) is 0 Å². The maximum Gasteiger partial charge on any atom is 0.312 e. The Balaban J connectivity index is 2.43. The van der Waals surface area contributed by atoms with E-state index >= 15 is 0 Å². The zero-order valence-electron chi connectivity index (χ0n) is 10.3. The summed E-state index contributed by atoms with van der Waals surface area (Å²) in [6, 6.07) is 4.65. The molecule has 0 saturated heterocycles. The van der Waals surface area contributed by atoms with E-state index in [2.05, 4.69) is 20.9 Å². The summed E-state index contributed by atoms with van der Waals surface area (Å²) < 4.78 is 18.8. The van der Waals surface area contributed by atoms with E-state index < -0.39 is 16.4 Å². The number of nitrogens with two attached hydrogens (primary N) is 1. The molecular formula is C12H8BrFN4O3. The van der Waals surface area contributed by atoms with Crippen molar-refractivity contribution in [3.8, 4) is 11.5 Å². The predicted octanol–water partition coefficient (Wildman–Crippen LogP) is 2.97. The number of hydrogen-bond acceptors (Lipinski definition) is 5. The van der Waals surface area contributed by atoms with Gasteiger partial charge in [0.2, 0.25) is 5.75 Å². The Labute approximate surface area is 126 Å². The highest BCUT2D eigenvalue weighted by Crippen LogP contribution is 2.35. The Morgan fingerprint density at radius 1 is 1.48 bits per heavy atom. The van der Waals surface area contributed by atoms with E-state index in [-0.39, 0.29) is 27.5 Å². The van der Waals surface area contributed by atoms with Crippen LogP contribution in [0.4, 0.5) is 10.1 Å². The zero-order valence-corrected chi connectivity index (χ0v) is 11.9. The summed E-state index contributed by atoms with van der Waals surface area (Å²) in [4.78, 5) is 14.1. The Kier molecular flexibility index (Phi) is 4.13. The molecule has 0 saturated carbocycles. The maximum absolute atomic E-state index is 13.5. The van der Waals surface area contributed by atoms with E-state index in [1.54, 1.807) is 0 Å². The summed E-state index contributed by atoms with van der Waals surface area (Å²) in [5.41, 5.74) is 5.04. The van der Waals surface area contributed by atoms with Crippen LogP contribution in [-0.4, -0.2) is 15.7 Å². The lowest BCUT2D eigenvalue weighted by atomic mass is 10.3. The van der Waals surface area contributed by atoms with Gasteiger partial charge in [-0.2, -0.15) is 0 Å². The van der Waals surface area contributed by atoms with Crippen LogP contribution in [0.15, 0.2) is 34.9 Å². The number of aromatic nitrogens is 1. The number of ether oxygens (including phenoxy) is 1. The van der Waals surface area contributed by atoms with Crippen molar-refractivity contribution in [1.29, 1.82) is 5.41 Å². The zero-order chi connectivity index (χ0) is 15.6. The maximum atomic E-state index is 13.5. The number of nitro groups is 1. The van der Waals surface area contributed by atoms with Crippen molar-refractivity contribution >= 4 is 27.5 Å². The van der Waals surface area contributed by atoms with Gasteiger partial charge in [0.15, 0.2) is 0 Å². The summed E-state index contributed by atoms with van der Waals surface area (Å²) in [6.07, 6.45) is 1.33. The van der Waals surface area contributed by atoms with Crippen LogP contribution in [0.1, 0.15) is 5.69 Å². The van der Waals surface area contributed by atoms with Gasteiger partial charge >= 0.3 is 5.69 Å². The van der Waals surface area contributed by atoms with Gasteiger partial charge in [0, 0.05) is 24.4 Å². The first-order valence-electron chi connectivity index (χ1n) is 5.50. The molecule has 7 nitrogen and oxygen atoms in total. The number of hydrogen-bond donors (Lipinski definition) is 2. The number of nitrogens with zero attached hydrogens (tertiary/aromatic N) is 2. The fourth-order valence-electron chi connectivity index (χ4n) is 1.49. The number of rotatable bonds is 4. The molecule has 0 bridgehead atoms. The molecule has 2 aromatic rings. The lowest BCUT2D eigenvalue weighted by Crippen LogP contribution is -2.12. The lowest BCUT2D eigenvalue weighted by Gasteiger charge is -2.08. The largest absolute Gasteiger partial charge is 0.450 e. The molecule has 0 fully saturated rings. The second kappa shape index (κ2) is 5.83. The first kappa shape index (κ1) is 14.9. The van der Waals surface area contributed by atoms with Gasteiger partial charge in [-0.05, 0) is 22.0 Å². The van der Waals surface area contributed by atoms with E-state index in [1.165, 1.54) is 18.3 Å². The Bertz CT molecular complexity index is 738. The number of benzene rings is 1. The highest BCUT2D eigenvalue weighted by molar-refractivity contribution is 9.10. The van der Waals surface area contributed by atoms with E-state index in [9.17, 15) is 14.5 Å². The molecular weight excluding hydrogens is 347 g/mol. The third kappa shape index (κ3) is 3.31. The lowest BCUT2D eigenvalue weighted by molar-refractivity contribution is -0.385. The van der Waals surface area contributed by atoms with Crippen molar-refractivity contribution in [3.05, 3.63) is 56.6 Å². The van der Waals surface area contributed by atoms with Crippen molar-refractivity contribution in [3.63, 3.8) is 0 Å². The van der Waals surface area contributed by atoms with Crippen LogP contribution in [0.3, 0.4) is 0 Å². The van der Waals surface area contributed by atoms with Gasteiger partial charge in [0.1, 0.15) is 23.1 Å². The molecule has 108 valence electrons. The van der Waals surface area contributed by atoms with Gasteiger partial charge in [-0.3, -0.25) is 20.5 Å². The molecule has 0 unspecified atom stereocenters. The highest BCUT2D eigenvalue weighted by atomic mass is 79.9. The molecule has 0 spiro atoms. The van der Waals surface area contributed by atoms with Crippen LogP contribution in [-0.2, 0) is 0 Å². The topological polar surface area (TPSA) is 115 Å². The van der Waals surface area contributed by atoms with Crippen molar-refractivity contribution in [2.75, 3.05) is 0 Å². The number of nitro benzene ring substituents is 1. The molecule has 0 aliphatic heterocycles. The second-order valence-electron chi connectivity index (χ2n) is 3.88. The number of pyridine rings is 1. The van der Waals surface area contributed by atoms with Crippen molar-refractivity contribution in [2.45, 2.75) is 0 Å². The van der Waals surface area contributed by atoms with Gasteiger partial charge in [0.05, 0.1) is 9.40 Å². The van der Waals surface area contributed by atoms with Crippen LogP contribution >= 0.6 is 15.9 Å². The van der Waals surface area contributed by atoms with Gasteiger partial charge < -0.3 is 10.5 Å². The molecule has 3 N–H and O–H groups in total. The smallest absolute Gasteiger partial charge is 0.312 e. The summed E-state index contributed by atoms with van der Waals surface area (Å²) >= 11 is 2.87. The fourth-order valence-corrected chi connectivity index (χ4v) is 1.82. The minimum atomic E-state index is -0.698. The van der Waals surface area contributed by atoms with Gasteiger partial charge in [-0.15, -0.1) is 0 Å². The number of amidine groups is 1. The SMILES string of the molecule is N=C(N)c1cc(Oc2cc(F)c(Br)cc2[N+](=O)[O-])ccn1. The Morgan fingerprint density at radius 2 is 2.19 bits per heavy atom. The third-order valence-corrected chi connectivity index (χ3v) is 3.04. The fraction of sp³-hybridized carbons (Fsp3) is 0. The quantitative estimate of drug-likeness (QED) is 0.379. The standard InChI is InChI=1S/C12H8BrFN4O3/c13-7-4-10(18(19)20)11(5-8(7)14)21-6-1-2-17-9(3-6)12(15)16/h1-5H,(H3,15,16). The molecule has 2 rings (SSSR count). The van der Waals surface area contributed by atoms with E-state index in [0.29, 0.717) is 0 Å². The Hall–Kier alpha value is -2.55. The van der Waals surface area contributed by atoms with E-state index in [4.69, 9.17) is 15.9 Å². The number of halogens is 2. The summed E-state index contributed by atoms with van der Waals surface area (Å²) in [7, 11) is 0. The van der Waals surface area contributed by atoms with Crippen LogP contribution in [0.2, 0.25) is 0 Å². The van der Waals surface area contributed by atoms with Gasteiger partial charge in [-0.25, -0.2) is 4.39 Å². The van der Waals surface area contributed by atoms with Crippen LogP contribution in [0.5, 0.6) is 11.5 Å². The molecule has 0 atom stereocenters. The number of nitrogen functional groups attached to an aromatic ring is 1. The average Bonchev–Trinajstić information content (AvgIpc) is 2.42. The molecule has 1 aromatic heterocycles. The summed E-state index contributed by atoms with van der Waals surface area (Å²) in [6.45, 7) is 0. The molecule has 21 heavy (non-hydrogen) atoms. The van der Waals surface area contributed by atoms with Crippen molar-refractivity contribution in [2.24, 2.45) is 5.73 Å². The molecule has 0 radical (unpaired) electrons. The molecule has 9 heteroatoms. The molecule has 0 aliphatic carbocycles. The average molecular weight is 355 g/mol. The predicted molar refractivity (Wildman–Crippen MR) is 76.1 cm³/mol. The minimum absolute atomic E-state index is 0.0410. The molecule has 0 aliphatic rings. The molecule has 0 amide bonds. The molecule has 1 heterocycles. The van der Waals surface area contributed by atoms with Crippen LogP contribution < -0.4 is 10.5 Å². The van der Waals surface area contributed by atoms with E-state index in [0.717, 1.165) is 12.1 Å². The summed E-state index contributed by atoms with van der Waals surface area (Å²) in [5, 5.41) is 18.2. The number of nitrogens with one attached hydrogen (secondary N) is 1. The minimum Gasteiger partial charge on any atom is -0.450 e. The van der Waals surface area contributed by atoms with Crippen LogP contribution in [0, 0.1) is 21.3 Å². The van der Waals surface area contributed by atoms with Gasteiger partial charge in [-0.1, -0.05) is 0 Å². The first-order valence-corrected chi connectivity index (χ1v) is 6.29.